The number of nitrogens with zero attached hydrogens (tertiary/aromatic N) is 2. The third-order valence-corrected chi connectivity index (χ3v) is 6.63. The van der Waals surface area contributed by atoms with Gasteiger partial charge in [-0.05, 0) is 60.6 Å². The fourth-order valence-corrected chi connectivity index (χ4v) is 4.55. The lowest BCUT2D eigenvalue weighted by Gasteiger charge is -2.29. The third kappa shape index (κ3) is 5.30. The SMILES string of the molecule is CCC(C)(C/C=N/N(C)c1ccccc1Sc1ccccc1)c1ccccc1C. The van der Waals surface area contributed by atoms with Gasteiger partial charge in [0.2, 0.25) is 0 Å². The molecular weight excluding hydrogens is 372 g/mol. The first-order valence-electron chi connectivity index (χ1n) is 10.2. The van der Waals surface area contributed by atoms with Gasteiger partial charge < -0.3 is 0 Å². The topological polar surface area (TPSA) is 15.6 Å². The number of rotatable bonds is 8. The number of hydrogen-bond acceptors (Lipinski definition) is 3. The smallest absolute Gasteiger partial charge is 0.0729 e. The maximum absolute atomic E-state index is 4.78. The molecule has 0 amide bonds. The van der Waals surface area contributed by atoms with Crippen LogP contribution in [0.2, 0.25) is 0 Å². The summed E-state index contributed by atoms with van der Waals surface area (Å²) in [5, 5.41) is 6.77. The van der Waals surface area contributed by atoms with E-state index in [-0.39, 0.29) is 5.41 Å². The summed E-state index contributed by atoms with van der Waals surface area (Å²) in [6, 6.07) is 27.6. The molecule has 0 aliphatic rings. The van der Waals surface area contributed by atoms with Crippen molar-refractivity contribution in [1.29, 1.82) is 0 Å². The van der Waals surface area contributed by atoms with Crippen LogP contribution in [0.5, 0.6) is 0 Å². The van der Waals surface area contributed by atoms with E-state index in [0.717, 1.165) is 18.5 Å². The minimum atomic E-state index is 0.0913. The molecule has 150 valence electrons. The van der Waals surface area contributed by atoms with Crippen molar-refractivity contribution in [2.45, 2.75) is 48.8 Å². The van der Waals surface area contributed by atoms with Crippen molar-refractivity contribution in [3.63, 3.8) is 0 Å². The molecule has 0 aromatic heterocycles. The van der Waals surface area contributed by atoms with Crippen LogP contribution >= 0.6 is 11.8 Å². The molecule has 0 bridgehead atoms. The summed E-state index contributed by atoms with van der Waals surface area (Å²) < 4.78 is 0. The van der Waals surface area contributed by atoms with E-state index < -0.39 is 0 Å². The Labute approximate surface area is 179 Å². The van der Waals surface area contributed by atoms with Gasteiger partial charge in [-0.25, -0.2) is 0 Å². The molecule has 1 unspecified atom stereocenters. The van der Waals surface area contributed by atoms with Crippen LogP contribution in [-0.2, 0) is 5.41 Å². The summed E-state index contributed by atoms with van der Waals surface area (Å²) >= 11 is 1.77. The van der Waals surface area contributed by atoms with Crippen LogP contribution in [0.15, 0.2) is 93.8 Å². The standard InChI is InChI=1S/C26H30N2S/c1-5-26(3,23-16-10-9-13-21(23)2)19-20-27-28(4)24-17-11-12-18-25(24)29-22-14-7-6-8-15-22/h6-18,20H,5,19H2,1-4H3/b27-20+. The molecule has 0 aliphatic heterocycles. The number of benzene rings is 3. The monoisotopic (exact) mass is 402 g/mol. The van der Waals surface area contributed by atoms with Gasteiger partial charge in [0, 0.05) is 23.1 Å². The molecule has 2 nitrogen and oxygen atoms in total. The Bertz CT molecular complexity index is 952. The predicted octanol–water partition coefficient (Wildman–Crippen LogP) is 7.33. The molecule has 0 N–H and O–H groups in total. The Balaban J connectivity index is 1.75. The quantitative estimate of drug-likeness (QED) is 0.289. The summed E-state index contributed by atoms with van der Waals surface area (Å²) in [4.78, 5) is 2.44. The highest BCUT2D eigenvalue weighted by Crippen LogP contribution is 2.35. The van der Waals surface area contributed by atoms with Gasteiger partial charge in [0.05, 0.1) is 5.69 Å². The zero-order chi connectivity index (χ0) is 20.7. The van der Waals surface area contributed by atoms with Crippen LogP contribution in [-0.4, -0.2) is 13.3 Å². The van der Waals surface area contributed by atoms with Crippen LogP contribution < -0.4 is 5.01 Å². The number of hydrogen-bond donors (Lipinski definition) is 0. The van der Waals surface area contributed by atoms with Crippen molar-refractivity contribution in [1.82, 2.24) is 0 Å². The van der Waals surface area contributed by atoms with Gasteiger partial charge in [-0.1, -0.05) is 80.2 Å². The summed E-state index contributed by atoms with van der Waals surface area (Å²) in [5.74, 6) is 0. The molecule has 1 atom stereocenters. The average molecular weight is 403 g/mol. The first kappa shape index (κ1) is 21.2. The Morgan fingerprint density at radius 2 is 1.59 bits per heavy atom. The molecular formula is C26H30N2S. The molecule has 0 aliphatic carbocycles. The Hall–Kier alpha value is -2.52. The molecule has 0 spiro atoms. The van der Waals surface area contributed by atoms with Crippen molar-refractivity contribution < 1.29 is 0 Å². The van der Waals surface area contributed by atoms with E-state index in [0.29, 0.717) is 0 Å². The van der Waals surface area contributed by atoms with Gasteiger partial charge in [-0.3, -0.25) is 5.01 Å². The van der Waals surface area contributed by atoms with E-state index in [1.54, 1.807) is 11.8 Å². The molecule has 0 saturated carbocycles. The maximum Gasteiger partial charge on any atom is 0.0729 e. The third-order valence-electron chi connectivity index (χ3n) is 5.56. The molecule has 0 radical (unpaired) electrons. The Morgan fingerprint density at radius 1 is 0.931 bits per heavy atom. The van der Waals surface area contributed by atoms with Crippen LogP contribution in [0.1, 0.15) is 37.8 Å². The lowest BCUT2D eigenvalue weighted by Crippen LogP contribution is -2.23. The van der Waals surface area contributed by atoms with Gasteiger partial charge in [-0.2, -0.15) is 5.10 Å². The summed E-state index contributed by atoms with van der Waals surface area (Å²) in [6.45, 7) is 6.79. The van der Waals surface area contributed by atoms with E-state index in [2.05, 4.69) is 99.8 Å². The van der Waals surface area contributed by atoms with Gasteiger partial charge in [0.15, 0.2) is 0 Å². The minimum absolute atomic E-state index is 0.0913. The van der Waals surface area contributed by atoms with E-state index in [1.165, 1.54) is 20.9 Å². The van der Waals surface area contributed by atoms with Crippen LogP contribution in [0.4, 0.5) is 5.69 Å². The van der Waals surface area contributed by atoms with E-state index >= 15 is 0 Å². The second-order valence-electron chi connectivity index (χ2n) is 7.64. The van der Waals surface area contributed by atoms with E-state index in [1.807, 2.05) is 18.1 Å². The average Bonchev–Trinajstić information content (AvgIpc) is 2.75. The molecule has 29 heavy (non-hydrogen) atoms. The number of aryl methyl sites for hydroxylation is 1. The molecule has 0 heterocycles. The van der Waals surface area contributed by atoms with Gasteiger partial charge in [0.1, 0.15) is 0 Å². The van der Waals surface area contributed by atoms with Crippen molar-refractivity contribution in [3.05, 3.63) is 90.0 Å². The van der Waals surface area contributed by atoms with Crippen molar-refractivity contribution in [3.8, 4) is 0 Å². The van der Waals surface area contributed by atoms with Crippen molar-refractivity contribution in [2.24, 2.45) is 5.10 Å². The highest BCUT2D eigenvalue weighted by Gasteiger charge is 2.25. The fraction of sp³-hybridized carbons (Fsp3) is 0.269. The highest BCUT2D eigenvalue weighted by atomic mass is 32.2. The molecule has 0 saturated heterocycles. The fourth-order valence-electron chi connectivity index (χ4n) is 3.55. The summed E-state index contributed by atoms with van der Waals surface area (Å²) in [6.07, 6.45) is 4.06. The molecule has 3 aromatic rings. The second-order valence-corrected chi connectivity index (χ2v) is 8.75. The Morgan fingerprint density at radius 3 is 2.31 bits per heavy atom. The largest absolute Gasteiger partial charge is 0.268 e. The first-order valence-corrected chi connectivity index (χ1v) is 11.0. The van der Waals surface area contributed by atoms with Gasteiger partial charge in [0.25, 0.3) is 0 Å². The molecule has 0 fully saturated rings. The Kier molecular flexibility index (Phi) is 7.16. The first-order chi connectivity index (χ1) is 14.0. The van der Waals surface area contributed by atoms with Crippen LogP contribution in [0, 0.1) is 6.92 Å². The molecule has 3 rings (SSSR count). The normalized spacial score (nSPS) is 13.4. The number of anilines is 1. The summed E-state index contributed by atoms with van der Waals surface area (Å²) in [7, 11) is 2.03. The minimum Gasteiger partial charge on any atom is -0.268 e. The van der Waals surface area contributed by atoms with Crippen molar-refractivity contribution in [2.75, 3.05) is 12.1 Å². The number of para-hydroxylation sites is 1. The lowest BCUT2D eigenvalue weighted by molar-refractivity contribution is 0.474. The van der Waals surface area contributed by atoms with Crippen molar-refractivity contribution >= 4 is 23.7 Å². The number of hydrazone groups is 1. The predicted molar refractivity (Wildman–Crippen MR) is 127 cm³/mol. The second kappa shape index (κ2) is 9.80. The van der Waals surface area contributed by atoms with Crippen LogP contribution in [0.3, 0.4) is 0 Å². The zero-order valence-corrected chi connectivity index (χ0v) is 18.6. The highest BCUT2D eigenvalue weighted by molar-refractivity contribution is 7.99. The van der Waals surface area contributed by atoms with E-state index in [9.17, 15) is 0 Å². The van der Waals surface area contributed by atoms with Gasteiger partial charge >= 0.3 is 0 Å². The maximum atomic E-state index is 4.78. The summed E-state index contributed by atoms with van der Waals surface area (Å²) in [5.41, 5.74) is 3.97. The van der Waals surface area contributed by atoms with Gasteiger partial charge in [-0.15, -0.1) is 0 Å². The lowest BCUT2D eigenvalue weighted by atomic mass is 9.76. The van der Waals surface area contributed by atoms with E-state index in [4.69, 9.17) is 5.10 Å². The molecule has 3 aromatic carbocycles. The molecule has 3 heteroatoms. The zero-order valence-electron chi connectivity index (χ0n) is 17.8. The van der Waals surface area contributed by atoms with Crippen LogP contribution in [0.25, 0.3) is 0 Å².